The van der Waals surface area contributed by atoms with Crippen LogP contribution in [0, 0.1) is 30.1 Å². The molecule has 0 bridgehead atoms. The molecule has 2 nitrogen and oxygen atoms in total. The molecule has 1 aromatic carbocycles. The summed E-state index contributed by atoms with van der Waals surface area (Å²) in [7, 11) is 0. The van der Waals surface area contributed by atoms with E-state index in [1.807, 2.05) is 25.1 Å². The van der Waals surface area contributed by atoms with Gasteiger partial charge in [0.05, 0.1) is 5.56 Å². The Labute approximate surface area is 77.4 Å². The summed E-state index contributed by atoms with van der Waals surface area (Å²) in [5, 5.41) is 17.2. The van der Waals surface area contributed by atoms with E-state index in [2.05, 4.69) is 11.8 Å². The average Bonchev–Trinajstić information content (AvgIpc) is 2.15. The molecule has 2 heteroatoms. The maximum absolute atomic E-state index is 8.73. The van der Waals surface area contributed by atoms with Crippen molar-refractivity contribution in [3.05, 3.63) is 34.9 Å². The molecule has 0 aliphatic heterocycles. The number of nitriles is 1. The minimum Gasteiger partial charge on any atom is -0.384 e. The Morgan fingerprint density at radius 1 is 1.38 bits per heavy atom. The van der Waals surface area contributed by atoms with Crippen molar-refractivity contribution in [2.45, 2.75) is 6.92 Å². The van der Waals surface area contributed by atoms with Crippen molar-refractivity contribution in [1.29, 1.82) is 5.26 Å². The Hall–Kier alpha value is -1.77. The zero-order valence-corrected chi connectivity index (χ0v) is 7.33. The molecule has 64 valence electrons. The predicted molar refractivity (Wildman–Crippen MR) is 49.9 cm³/mol. The van der Waals surface area contributed by atoms with Gasteiger partial charge >= 0.3 is 0 Å². The highest BCUT2D eigenvalue weighted by Crippen LogP contribution is 2.08. The summed E-state index contributed by atoms with van der Waals surface area (Å²) in [6.45, 7) is 1.75. The van der Waals surface area contributed by atoms with Crippen molar-refractivity contribution < 1.29 is 5.11 Å². The summed E-state index contributed by atoms with van der Waals surface area (Å²) in [6, 6.07) is 7.48. The van der Waals surface area contributed by atoms with E-state index in [4.69, 9.17) is 10.4 Å². The molecule has 0 unspecified atom stereocenters. The third-order valence-electron chi connectivity index (χ3n) is 1.60. The molecule has 0 aliphatic rings. The first-order valence-electron chi connectivity index (χ1n) is 3.88. The summed E-state index contributed by atoms with van der Waals surface area (Å²) < 4.78 is 0. The van der Waals surface area contributed by atoms with Gasteiger partial charge in [-0.1, -0.05) is 17.9 Å². The Morgan fingerprint density at radius 2 is 2.15 bits per heavy atom. The van der Waals surface area contributed by atoms with Gasteiger partial charge in [0.2, 0.25) is 0 Å². The second-order valence-corrected chi connectivity index (χ2v) is 2.62. The van der Waals surface area contributed by atoms with E-state index in [0.717, 1.165) is 5.56 Å². The lowest BCUT2D eigenvalue weighted by atomic mass is 10.1. The number of rotatable bonds is 0. The van der Waals surface area contributed by atoms with Crippen molar-refractivity contribution in [1.82, 2.24) is 0 Å². The van der Waals surface area contributed by atoms with Crippen LogP contribution < -0.4 is 0 Å². The van der Waals surface area contributed by atoms with Crippen LogP contribution in [0.5, 0.6) is 0 Å². The van der Waals surface area contributed by atoms with Gasteiger partial charge < -0.3 is 5.11 Å². The zero-order chi connectivity index (χ0) is 9.68. The van der Waals surface area contributed by atoms with Crippen LogP contribution in [-0.2, 0) is 0 Å². The Bertz CT molecular complexity index is 404. The Morgan fingerprint density at radius 3 is 2.77 bits per heavy atom. The lowest BCUT2D eigenvalue weighted by Crippen LogP contribution is -1.85. The van der Waals surface area contributed by atoms with Gasteiger partial charge in [0.15, 0.2) is 0 Å². The molecule has 0 amide bonds. The van der Waals surface area contributed by atoms with E-state index in [0.29, 0.717) is 11.1 Å². The molecule has 1 N–H and O–H groups in total. The molecule has 0 aromatic heterocycles. The van der Waals surface area contributed by atoms with Gasteiger partial charge in [0.1, 0.15) is 12.7 Å². The van der Waals surface area contributed by atoms with Crippen molar-refractivity contribution in [2.75, 3.05) is 6.61 Å². The number of benzene rings is 1. The van der Waals surface area contributed by atoms with Crippen LogP contribution in [0.4, 0.5) is 0 Å². The Kier molecular flexibility index (Phi) is 3.09. The van der Waals surface area contributed by atoms with Crippen LogP contribution in [0.1, 0.15) is 16.7 Å². The first-order valence-corrected chi connectivity index (χ1v) is 3.88. The quantitative estimate of drug-likeness (QED) is 0.596. The highest BCUT2D eigenvalue weighted by molar-refractivity contribution is 5.49. The van der Waals surface area contributed by atoms with E-state index in [1.54, 1.807) is 6.07 Å². The largest absolute Gasteiger partial charge is 0.384 e. The van der Waals surface area contributed by atoms with Crippen LogP contribution in [0.3, 0.4) is 0 Å². The number of aryl methyl sites for hydroxylation is 1. The maximum atomic E-state index is 8.73. The fraction of sp³-hybridized carbons (Fsp3) is 0.182. The Balaban J connectivity index is 3.18. The fourth-order valence-electron chi connectivity index (χ4n) is 0.994. The average molecular weight is 171 g/mol. The lowest BCUT2D eigenvalue weighted by Gasteiger charge is -1.96. The van der Waals surface area contributed by atoms with Crippen LogP contribution in [-0.4, -0.2) is 11.7 Å². The highest BCUT2D eigenvalue weighted by Gasteiger charge is 1.97. The van der Waals surface area contributed by atoms with Gasteiger partial charge in [0, 0.05) is 5.56 Å². The number of nitrogens with zero attached hydrogens (tertiary/aromatic N) is 1. The van der Waals surface area contributed by atoms with Gasteiger partial charge in [0.25, 0.3) is 0 Å². The first kappa shape index (κ1) is 9.32. The molecule has 0 saturated heterocycles. The fourth-order valence-corrected chi connectivity index (χ4v) is 0.994. The van der Waals surface area contributed by atoms with E-state index in [-0.39, 0.29) is 6.61 Å². The number of hydrogen-bond donors (Lipinski definition) is 1. The molecule has 13 heavy (non-hydrogen) atoms. The minimum atomic E-state index is -0.182. The summed E-state index contributed by atoms with van der Waals surface area (Å²) in [4.78, 5) is 0. The first-order chi connectivity index (χ1) is 6.27. The molecule has 0 fully saturated rings. The summed E-state index contributed by atoms with van der Waals surface area (Å²) >= 11 is 0. The molecule has 1 aromatic rings. The monoisotopic (exact) mass is 171 g/mol. The van der Waals surface area contributed by atoms with E-state index >= 15 is 0 Å². The third kappa shape index (κ3) is 2.33. The topological polar surface area (TPSA) is 44.0 Å². The number of hydrogen-bond acceptors (Lipinski definition) is 2. The smallest absolute Gasteiger partial charge is 0.104 e. The number of aliphatic hydroxyl groups excluding tert-OH is 1. The molecule has 0 spiro atoms. The standard InChI is InChI=1S/C11H9NO/c1-9-4-5-11(8-12)10(7-9)3-2-6-13/h4-5,7,13H,6H2,1H3. The molecule has 0 atom stereocenters. The summed E-state index contributed by atoms with van der Waals surface area (Å²) in [5.41, 5.74) is 2.28. The van der Waals surface area contributed by atoms with Gasteiger partial charge in [-0.15, -0.1) is 0 Å². The van der Waals surface area contributed by atoms with Crippen LogP contribution in [0.25, 0.3) is 0 Å². The predicted octanol–water partition coefficient (Wildman–Crippen LogP) is 1.21. The maximum Gasteiger partial charge on any atom is 0.104 e. The van der Waals surface area contributed by atoms with Gasteiger partial charge in [-0.25, -0.2) is 0 Å². The zero-order valence-electron chi connectivity index (χ0n) is 7.33. The van der Waals surface area contributed by atoms with Crippen LogP contribution in [0.15, 0.2) is 18.2 Å². The molecule has 0 radical (unpaired) electrons. The van der Waals surface area contributed by atoms with Crippen molar-refractivity contribution in [3.8, 4) is 17.9 Å². The molecular weight excluding hydrogens is 162 g/mol. The lowest BCUT2D eigenvalue weighted by molar-refractivity contribution is 0.350. The van der Waals surface area contributed by atoms with Gasteiger partial charge in [-0.2, -0.15) is 5.26 Å². The molecule has 0 saturated carbocycles. The van der Waals surface area contributed by atoms with Crippen molar-refractivity contribution in [3.63, 3.8) is 0 Å². The summed E-state index contributed by atoms with van der Waals surface area (Å²) in [6.07, 6.45) is 0. The van der Waals surface area contributed by atoms with Crippen LogP contribution >= 0.6 is 0 Å². The van der Waals surface area contributed by atoms with E-state index in [9.17, 15) is 0 Å². The molecular formula is C11H9NO. The molecule has 0 heterocycles. The van der Waals surface area contributed by atoms with Gasteiger partial charge in [-0.3, -0.25) is 0 Å². The van der Waals surface area contributed by atoms with E-state index < -0.39 is 0 Å². The molecule has 1 rings (SSSR count). The third-order valence-corrected chi connectivity index (χ3v) is 1.60. The minimum absolute atomic E-state index is 0.182. The summed E-state index contributed by atoms with van der Waals surface area (Å²) in [5.74, 6) is 5.25. The normalized spacial score (nSPS) is 8.38. The van der Waals surface area contributed by atoms with Crippen molar-refractivity contribution >= 4 is 0 Å². The molecule has 0 aliphatic carbocycles. The van der Waals surface area contributed by atoms with E-state index in [1.165, 1.54) is 0 Å². The number of aliphatic hydroxyl groups is 1. The van der Waals surface area contributed by atoms with Crippen LogP contribution in [0.2, 0.25) is 0 Å². The second-order valence-electron chi connectivity index (χ2n) is 2.62. The van der Waals surface area contributed by atoms with Crippen molar-refractivity contribution in [2.24, 2.45) is 0 Å². The second kappa shape index (κ2) is 4.30. The SMILES string of the molecule is Cc1ccc(C#N)c(C#CCO)c1. The highest BCUT2D eigenvalue weighted by atomic mass is 16.2. The van der Waals surface area contributed by atoms with Gasteiger partial charge in [-0.05, 0) is 24.6 Å².